The van der Waals surface area contributed by atoms with E-state index in [1.54, 1.807) is 0 Å². The van der Waals surface area contributed by atoms with Gasteiger partial charge in [0.05, 0.1) is 0 Å². The summed E-state index contributed by atoms with van der Waals surface area (Å²) in [6.45, 7) is 4.92. The highest BCUT2D eigenvalue weighted by molar-refractivity contribution is 4.82. The largest absolute Gasteiger partial charge is 0.326 e. The van der Waals surface area contributed by atoms with E-state index in [1.165, 1.54) is 58.2 Å². The average molecular weight is 253 g/mol. The third kappa shape index (κ3) is 4.22. The maximum atomic E-state index is 6.38. The standard InChI is InChI=1S/C15H31N3/c1-17(2)11-13-7-9-18(10-8-13)12-15(16)14-5-3-4-6-14/h13-15H,3-12,16H2,1-2H3. The van der Waals surface area contributed by atoms with Crippen molar-refractivity contribution in [2.75, 3.05) is 40.3 Å². The molecule has 1 saturated carbocycles. The van der Waals surface area contributed by atoms with Crippen LogP contribution in [-0.2, 0) is 0 Å². The second kappa shape index (κ2) is 6.88. The summed E-state index contributed by atoms with van der Waals surface area (Å²) >= 11 is 0. The summed E-state index contributed by atoms with van der Waals surface area (Å²) in [5.74, 6) is 1.71. The lowest BCUT2D eigenvalue weighted by Crippen LogP contribution is -2.45. The summed E-state index contributed by atoms with van der Waals surface area (Å²) in [5, 5.41) is 0. The third-order valence-corrected chi connectivity index (χ3v) is 4.80. The maximum absolute atomic E-state index is 6.38. The number of hydrogen-bond acceptors (Lipinski definition) is 3. The zero-order valence-corrected chi connectivity index (χ0v) is 12.3. The van der Waals surface area contributed by atoms with Gasteiger partial charge in [0.1, 0.15) is 0 Å². The second-order valence-electron chi connectivity index (χ2n) is 6.71. The van der Waals surface area contributed by atoms with Crippen LogP contribution in [0.15, 0.2) is 0 Å². The molecule has 2 rings (SSSR count). The molecule has 0 bridgehead atoms. The van der Waals surface area contributed by atoms with Gasteiger partial charge in [-0.2, -0.15) is 0 Å². The van der Waals surface area contributed by atoms with Gasteiger partial charge in [-0.15, -0.1) is 0 Å². The van der Waals surface area contributed by atoms with Gasteiger partial charge >= 0.3 is 0 Å². The van der Waals surface area contributed by atoms with Crippen LogP contribution in [0.25, 0.3) is 0 Å². The molecule has 0 aromatic carbocycles. The number of piperidine rings is 1. The highest BCUT2D eigenvalue weighted by Crippen LogP contribution is 2.28. The molecule has 2 aliphatic rings. The third-order valence-electron chi connectivity index (χ3n) is 4.80. The van der Waals surface area contributed by atoms with E-state index in [0.717, 1.165) is 18.4 Å². The Morgan fingerprint density at radius 1 is 1.11 bits per heavy atom. The van der Waals surface area contributed by atoms with Gasteiger partial charge in [0.15, 0.2) is 0 Å². The summed E-state index contributed by atoms with van der Waals surface area (Å²) in [6.07, 6.45) is 8.27. The fourth-order valence-electron chi connectivity index (χ4n) is 3.70. The van der Waals surface area contributed by atoms with Crippen molar-refractivity contribution in [3.8, 4) is 0 Å². The van der Waals surface area contributed by atoms with E-state index in [0.29, 0.717) is 6.04 Å². The van der Waals surface area contributed by atoms with Crippen molar-refractivity contribution in [1.82, 2.24) is 9.80 Å². The fourth-order valence-corrected chi connectivity index (χ4v) is 3.70. The molecule has 3 heteroatoms. The predicted molar refractivity (Wildman–Crippen MR) is 77.7 cm³/mol. The van der Waals surface area contributed by atoms with E-state index in [1.807, 2.05) is 0 Å². The van der Waals surface area contributed by atoms with Gasteiger partial charge < -0.3 is 15.5 Å². The first-order chi connectivity index (χ1) is 8.65. The van der Waals surface area contributed by atoms with Crippen molar-refractivity contribution in [2.24, 2.45) is 17.6 Å². The summed E-state index contributed by atoms with van der Waals surface area (Å²) in [4.78, 5) is 4.93. The molecule has 1 saturated heterocycles. The molecule has 1 heterocycles. The minimum atomic E-state index is 0.429. The van der Waals surface area contributed by atoms with Crippen LogP contribution in [0.2, 0.25) is 0 Å². The first kappa shape index (κ1) is 14.3. The van der Waals surface area contributed by atoms with Gasteiger partial charge in [-0.3, -0.25) is 0 Å². The van der Waals surface area contributed by atoms with E-state index in [-0.39, 0.29) is 0 Å². The van der Waals surface area contributed by atoms with Crippen LogP contribution < -0.4 is 5.73 Å². The minimum Gasteiger partial charge on any atom is -0.326 e. The Morgan fingerprint density at radius 2 is 1.72 bits per heavy atom. The molecule has 0 aromatic rings. The van der Waals surface area contributed by atoms with Crippen LogP contribution in [0.1, 0.15) is 38.5 Å². The Balaban J connectivity index is 1.66. The van der Waals surface area contributed by atoms with Crippen LogP contribution in [0.3, 0.4) is 0 Å². The van der Waals surface area contributed by atoms with Gasteiger partial charge in [-0.05, 0) is 64.7 Å². The van der Waals surface area contributed by atoms with Crippen molar-refractivity contribution in [3.05, 3.63) is 0 Å². The molecule has 1 aliphatic carbocycles. The number of hydrogen-bond donors (Lipinski definition) is 1. The molecule has 2 fully saturated rings. The van der Waals surface area contributed by atoms with E-state index in [9.17, 15) is 0 Å². The highest BCUT2D eigenvalue weighted by Gasteiger charge is 2.26. The molecule has 1 aliphatic heterocycles. The van der Waals surface area contributed by atoms with Crippen molar-refractivity contribution in [1.29, 1.82) is 0 Å². The summed E-state index contributed by atoms with van der Waals surface area (Å²) < 4.78 is 0. The maximum Gasteiger partial charge on any atom is 0.0196 e. The molecule has 1 atom stereocenters. The molecule has 2 N–H and O–H groups in total. The quantitative estimate of drug-likeness (QED) is 0.810. The molecule has 0 amide bonds. The highest BCUT2D eigenvalue weighted by atomic mass is 15.1. The molecule has 1 unspecified atom stereocenters. The number of nitrogens with zero attached hydrogens (tertiary/aromatic N) is 2. The van der Waals surface area contributed by atoms with Crippen LogP contribution in [0.5, 0.6) is 0 Å². The van der Waals surface area contributed by atoms with Gasteiger partial charge in [0.25, 0.3) is 0 Å². The normalized spacial score (nSPS) is 26.0. The van der Waals surface area contributed by atoms with E-state index >= 15 is 0 Å². The van der Waals surface area contributed by atoms with Crippen molar-refractivity contribution >= 4 is 0 Å². The molecular formula is C15H31N3. The molecule has 106 valence electrons. The Labute approximate surface area is 113 Å². The molecule has 0 spiro atoms. The van der Waals surface area contributed by atoms with Crippen molar-refractivity contribution in [2.45, 2.75) is 44.6 Å². The first-order valence-electron chi connectivity index (χ1n) is 7.78. The SMILES string of the molecule is CN(C)CC1CCN(CC(N)C2CCCC2)CC1. The predicted octanol–water partition coefficient (Wildman–Crippen LogP) is 1.78. The Morgan fingerprint density at radius 3 is 2.28 bits per heavy atom. The second-order valence-corrected chi connectivity index (χ2v) is 6.71. The lowest BCUT2D eigenvalue weighted by atomic mass is 9.94. The Kier molecular flexibility index (Phi) is 5.46. The number of nitrogens with two attached hydrogens (primary N) is 1. The summed E-state index contributed by atoms with van der Waals surface area (Å²) in [6, 6.07) is 0.429. The first-order valence-corrected chi connectivity index (χ1v) is 7.78. The Bertz CT molecular complexity index is 228. The van der Waals surface area contributed by atoms with E-state index in [2.05, 4.69) is 23.9 Å². The molecular weight excluding hydrogens is 222 g/mol. The van der Waals surface area contributed by atoms with Crippen molar-refractivity contribution in [3.63, 3.8) is 0 Å². The van der Waals surface area contributed by atoms with Gasteiger partial charge in [0.2, 0.25) is 0 Å². The molecule has 0 aromatic heterocycles. The molecule has 3 nitrogen and oxygen atoms in total. The van der Waals surface area contributed by atoms with Gasteiger partial charge in [-0.25, -0.2) is 0 Å². The summed E-state index contributed by atoms with van der Waals surface area (Å²) in [7, 11) is 4.37. The van der Waals surface area contributed by atoms with E-state index < -0.39 is 0 Å². The zero-order valence-electron chi connectivity index (χ0n) is 12.3. The smallest absolute Gasteiger partial charge is 0.0196 e. The topological polar surface area (TPSA) is 32.5 Å². The minimum absolute atomic E-state index is 0.429. The lowest BCUT2D eigenvalue weighted by molar-refractivity contribution is 0.146. The Hall–Kier alpha value is -0.120. The zero-order chi connectivity index (χ0) is 13.0. The average Bonchev–Trinajstić information content (AvgIpc) is 2.84. The molecule has 0 radical (unpaired) electrons. The van der Waals surface area contributed by atoms with Gasteiger partial charge in [-0.1, -0.05) is 12.8 Å². The number of likely N-dealkylation sites (tertiary alicyclic amines) is 1. The molecule has 18 heavy (non-hydrogen) atoms. The fraction of sp³-hybridized carbons (Fsp3) is 1.00. The van der Waals surface area contributed by atoms with Crippen molar-refractivity contribution < 1.29 is 0 Å². The summed E-state index contributed by atoms with van der Waals surface area (Å²) in [5.41, 5.74) is 6.38. The monoisotopic (exact) mass is 253 g/mol. The van der Waals surface area contributed by atoms with Gasteiger partial charge in [0, 0.05) is 19.1 Å². The number of rotatable bonds is 5. The van der Waals surface area contributed by atoms with Crippen LogP contribution in [-0.4, -0.2) is 56.1 Å². The van der Waals surface area contributed by atoms with Crippen LogP contribution >= 0.6 is 0 Å². The lowest BCUT2D eigenvalue weighted by Gasteiger charge is -2.35. The van der Waals surface area contributed by atoms with Crippen LogP contribution in [0, 0.1) is 11.8 Å². The van der Waals surface area contributed by atoms with Crippen LogP contribution in [0.4, 0.5) is 0 Å². The van der Waals surface area contributed by atoms with E-state index in [4.69, 9.17) is 5.73 Å².